The first-order valence-corrected chi connectivity index (χ1v) is 10.6. The van der Waals surface area contributed by atoms with Crippen LogP contribution in [-0.4, -0.2) is 41.6 Å². The number of carbonyl (C=O) groups excluding carboxylic acids is 1. The summed E-state index contributed by atoms with van der Waals surface area (Å²) in [6, 6.07) is 11.4. The minimum Gasteiger partial charge on any atom is -0.491 e. The van der Waals surface area contributed by atoms with Crippen molar-refractivity contribution >= 4 is 22.6 Å². The molecule has 1 atom stereocenters. The number of hydrogen-bond acceptors (Lipinski definition) is 6. The SMILES string of the molecule is CNC(=O)c1ccnc2c([C@H](C)CNc3cc(-c4cc(F)c(OC)c(F)c4)ncn3)cccc12. The molecule has 0 radical (unpaired) electrons. The van der Waals surface area contributed by atoms with Crippen molar-refractivity contribution in [2.45, 2.75) is 12.8 Å². The standard InChI is InChI=1S/C25H23F2N5O2/c1-14(16-5-4-6-17-18(25(33)28-2)7-8-29-23(16)17)12-30-22-11-21(31-13-32-22)15-9-19(26)24(34-3)20(27)10-15/h4-11,13-14H,12H2,1-3H3,(H,28,33)(H,30,31,32)/t14-/m1/s1. The molecule has 0 unspecified atom stereocenters. The predicted molar refractivity (Wildman–Crippen MR) is 126 cm³/mol. The number of carbonyl (C=O) groups is 1. The largest absolute Gasteiger partial charge is 0.491 e. The van der Waals surface area contributed by atoms with E-state index in [-0.39, 0.29) is 17.4 Å². The van der Waals surface area contributed by atoms with Gasteiger partial charge in [0.1, 0.15) is 12.1 Å². The first-order chi connectivity index (χ1) is 16.4. The molecule has 0 fully saturated rings. The maximum atomic E-state index is 14.1. The van der Waals surface area contributed by atoms with Gasteiger partial charge in [-0.3, -0.25) is 9.78 Å². The highest BCUT2D eigenvalue weighted by Gasteiger charge is 2.16. The van der Waals surface area contributed by atoms with Gasteiger partial charge < -0.3 is 15.4 Å². The van der Waals surface area contributed by atoms with Gasteiger partial charge in [0.05, 0.1) is 23.9 Å². The maximum Gasteiger partial charge on any atom is 0.251 e. The molecule has 2 N–H and O–H groups in total. The van der Waals surface area contributed by atoms with E-state index in [2.05, 4.69) is 25.6 Å². The molecule has 0 aliphatic rings. The van der Waals surface area contributed by atoms with E-state index in [9.17, 15) is 13.6 Å². The van der Waals surface area contributed by atoms with E-state index in [1.165, 1.54) is 25.6 Å². The van der Waals surface area contributed by atoms with Gasteiger partial charge in [-0.25, -0.2) is 18.7 Å². The van der Waals surface area contributed by atoms with E-state index >= 15 is 0 Å². The van der Waals surface area contributed by atoms with Crippen LogP contribution in [0.4, 0.5) is 14.6 Å². The summed E-state index contributed by atoms with van der Waals surface area (Å²) in [5.41, 5.74) is 2.94. The first kappa shape index (κ1) is 23.0. The monoisotopic (exact) mass is 463 g/mol. The fourth-order valence-corrected chi connectivity index (χ4v) is 3.81. The number of fused-ring (bicyclic) bond motifs is 1. The summed E-state index contributed by atoms with van der Waals surface area (Å²) in [6.07, 6.45) is 2.96. The highest BCUT2D eigenvalue weighted by atomic mass is 19.1. The number of pyridine rings is 1. The van der Waals surface area contributed by atoms with Crippen molar-refractivity contribution in [1.82, 2.24) is 20.3 Å². The number of amides is 1. The molecule has 1 amide bonds. The lowest BCUT2D eigenvalue weighted by Crippen LogP contribution is -2.18. The molecule has 0 bridgehead atoms. The number of para-hydroxylation sites is 1. The molecule has 4 aromatic rings. The van der Waals surface area contributed by atoms with E-state index in [0.29, 0.717) is 23.6 Å². The van der Waals surface area contributed by atoms with Crippen LogP contribution >= 0.6 is 0 Å². The molecular formula is C25H23F2N5O2. The second-order valence-corrected chi connectivity index (χ2v) is 7.72. The summed E-state index contributed by atoms with van der Waals surface area (Å²) in [7, 11) is 2.80. The van der Waals surface area contributed by atoms with Crippen LogP contribution in [0.25, 0.3) is 22.2 Å². The Labute approximate surface area is 195 Å². The highest BCUT2D eigenvalue weighted by Crippen LogP contribution is 2.29. The van der Waals surface area contributed by atoms with Crippen molar-refractivity contribution in [2.24, 2.45) is 0 Å². The lowest BCUT2D eigenvalue weighted by molar-refractivity contribution is 0.0964. The summed E-state index contributed by atoms with van der Waals surface area (Å²) in [4.78, 5) is 25.1. The summed E-state index contributed by atoms with van der Waals surface area (Å²) in [6.45, 7) is 2.54. The van der Waals surface area contributed by atoms with Crippen LogP contribution in [-0.2, 0) is 0 Å². The lowest BCUT2D eigenvalue weighted by Gasteiger charge is -2.16. The van der Waals surface area contributed by atoms with Gasteiger partial charge in [-0.05, 0) is 23.8 Å². The summed E-state index contributed by atoms with van der Waals surface area (Å²) >= 11 is 0. The fourth-order valence-electron chi connectivity index (χ4n) is 3.81. The summed E-state index contributed by atoms with van der Waals surface area (Å²) in [5.74, 6) is -1.70. The van der Waals surface area contributed by atoms with Gasteiger partial charge >= 0.3 is 0 Å². The van der Waals surface area contributed by atoms with Crippen LogP contribution in [0, 0.1) is 11.6 Å². The second kappa shape index (κ2) is 9.78. The number of rotatable bonds is 7. The molecule has 34 heavy (non-hydrogen) atoms. The van der Waals surface area contributed by atoms with Crippen LogP contribution in [0.2, 0.25) is 0 Å². The minimum absolute atomic E-state index is 0.0189. The van der Waals surface area contributed by atoms with Gasteiger partial charge in [0.15, 0.2) is 17.4 Å². The predicted octanol–water partition coefficient (Wildman–Crippen LogP) is 4.55. The number of ether oxygens (including phenoxy) is 1. The number of nitrogens with zero attached hydrogens (tertiary/aromatic N) is 3. The van der Waals surface area contributed by atoms with Crippen molar-refractivity contribution < 1.29 is 18.3 Å². The summed E-state index contributed by atoms with van der Waals surface area (Å²) in [5, 5.41) is 6.68. The van der Waals surface area contributed by atoms with Crippen LogP contribution in [0.1, 0.15) is 28.8 Å². The molecule has 7 nitrogen and oxygen atoms in total. The molecule has 0 saturated carbocycles. The third-order valence-electron chi connectivity index (χ3n) is 5.56. The molecule has 0 spiro atoms. The molecule has 2 heterocycles. The number of hydrogen-bond donors (Lipinski definition) is 2. The van der Waals surface area contributed by atoms with Crippen molar-refractivity contribution in [3.63, 3.8) is 0 Å². The zero-order valence-corrected chi connectivity index (χ0v) is 18.9. The molecule has 0 saturated heterocycles. The molecule has 0 aliphatic carbocycles. The Kier molecular flexibility index (Phi) is 6.62. The van der Waals surface area contributed by atoms with Crippen LogP contribution in [0.15, 0.2) is 55.0 Å². The Balaban J connectivity index is 1.56. The average Bonchev–Trinajstić information content (AvgIpc) is 2.86. The smallest absolute Gasteiger partial charge is 0.251 e. The molecule has 2 aromatic carbocycles. The molecule has 9 heteroatoms. The Morgan fingerprint density at radius 3 is 2.56 bits per heavy atom. The molecule has 4 rings (SSSR count). The van der Waals surface area contributed by atoms with Crippen LogP contribution < -0.4 is 15.4 Å². The normalized spacial score (nSPS) is 11.8. The second-order valence-electron chi connectivity index (χ2n) is 7.72. The molecule has 0 aliphatic heterocycles. The highest BCUT2D eigenvalue weighted by molar-refractivity contribution is 6.06. The maximum absolute atomic E-state index is 14.1. The van der Waals surface area contributed by atoms with Crippen LogP contribution in [0.5, 0.6) is 5.75 Å². The van der Waals surface area contributed by atoms with Gasteiger partial charge in [-0.2, -0.15) is 0 Å². The topological polar surface area (TPSA) is 89.0 Å². The third kappa shape index (κ3) is 4.50. The average molecular weight is 463 g/mol. The number of methoxy groups -OCH3 is 1. The van der Waals surface area contributed by atoms with Crippen LogP contribution in [0.3, 0.4) is 0 Å². The quantitative estimate of drug-likeness (QED) is 0.418. The number of nitrogens with one attached hydrogen (secondary N) is 2. The first-order valence-electron chi connectivity index (χ1n) is 10.6. The van der Waals surface area contributed by atoms with Crippen molar-refractivity contribution in [2.75, 3.05) is 26.0 Å². The van der Waals surface area contributed by atoms with E-state index < -0.39 is 17.4 Å². The van der Waals surface area contributed by atoms with Crippen molar-refractivity contribution in [3.8, 4) is 17.0 Å². The molecule has 2 aromatic heterocycles. The van der Waals surface area contributed by atoms with Crippen molar-refractivity contribution in [3.05, 3.63) is 77.8 Å². The third-order valence-corrected chi connectivity index (χ3v) is 5.56. The van der Waals surface area contributed by atoms with E-state index in [1.54, 1.807) is 25.4 Å². The zero-order chi connectivity index (χ0) is 24.2. The summed E-state index contributed by atoms with van der Waals surface area (Å²) < 4.78 is 33.0. The Bertz CT molecular complexity index is 1340. The van der Waals surface area contributed by atoms with E-state index in [4.69, 9.17) is 4.74 Å². The van der Waals surface area contributed by atoms with E-state index in [1.807, 2.05) is 25.1 Å². The van der Waals surface area contributed by atoms with Gasteiger partial charge in [0, 0.05) is 42.7 Å². The van der Waals surface area contributed by atoms with E-state index in [0.717, 1.165) is 16.5 Å². The number of halogens is 2. The number of benzene rings is 2. The minimum atomic E-state index is -0.807. The fraction of sp³-hybridized carbons (Fsp3) is 0.200. The van der Waals surface area contributed by atoms with Gasteiger partial charge in [-0.15, -0.1) is 0 Å². The number of anilines is 1. The number of aromatic nitrogens is 3. The van der Waals surface area contributed by atoms with Gasteiger partial charge in [0.25, 0.3) is 5.91 Å². The molecular weight excluding hydrogens is 440 g/mol. The Morgan fingerprint density at radius 1 is 1.09 bits per heavy atom. The molecule has 174 valence electrons. The Hall–Kier alpha value is -4.14. The van der Waals surface area contributed by atoms with Crippen molar-refractivity contribution in [1.29, 1.82) is 0 Å². The van der Waals surface area contributed by atoms with Gasteiger partial charge in [-0.1, -0.05) is 25.1 Å². The zero-order valence-electron chi connectivity index (χ0n) is 18.9. The Morgan fingerprint density at radius 2 is 1.85 bits per heavy atom. The lowest BCUT2D eigenvalue weighted by atomic mass is 9.96. The van der Waals surface area contributed by atoms with Gasteiger partial charge in [0.2, 0.25) is 0 Å².